The Morgan fingerprint density at radius 1 is 1.10 bits per heavy atom. The Balaban J connectivity index is 1.75. The molecule has 20 heavy (non-hydrogen) atoms. The van der Waals surface area contributed by atoms with Crippen molar-refractivity contribution in [2.24, 2.45) is 0 Å². The highest BCUT2D eigenvalue weighted by Crippen LogP contribution is 2.59. The summed E-state index contributed by atoms with van der Waals surface area (Å²) in [5.74, 6) is 1.89. The summed E-state index contributed by atoms with van der Waals surface area (Å²) in [6.07, 6.45) is 1.11. The van der Waals surface area contributed by atoms with E-state index in [-0.39, 0.29) is 18.3 Å². The average Bonchev–Trinajstić information content (AvgIpc) is 3.13. The summed E-state index contributed by atoms with van der Waals surface area (Å²) >= 11 is 0. The Morgan fingerprint density at radius 2 is 1.70 bits per heavy atom. The first-order valence-corrected chi connectivity index (χ1v) is 7.34. The molecule has 3 nitrogen and oxygen atoms in total. The van der Waals surface area contributed by atoms with Gasteiger partial charge in [0.1, 0.15) is 5.75 Å². The minimum absolute atomic E-state index is 0.102. The summed E-state index contributed by atoms with van der Waals surface area (Å²) in [5, 5.41) is 0. The van der Waals surface area contributed by atoms with Crippen LogP contribution in [-0.2, 0) is 9.31 Å². The van der Waals surface area contributed by atoms with Gasteiger partial charge in [0.05, 0.1) is 18.3 Å². The molecule has 2 aliphatic rings. The fourth-order valence-corrected chi connectivity index (χ4v) is 2.91. The van der Waals surface area contributed by atoms with Crippen LogP contribution in [0.4, 0.5) is 0 Å². The smallest absolute Gasteiger partial charge is 0.461 e. The molecule has 1 heterocycles. The lowest BCUT2D eigenvalue weighted by atomic mass is 9.79. The van der Waals surface area contributed by atoms with E-state index in [0.29, 0.717) is 11.7 Å². The SMILES string of the molecule is COc1ccccc1[C@H]1C[C@@H]1B1OC(C)(C)C(C)(C)O1. The highest BCUT2D eigenvalue weighted by atomic mass is 16.7. The third-order valence-corrected chi connectivity index (χ3v) is 5.00. The number of hydrogen-bond acceptors (Lipinski definition) is 3. The summed E-state index contributed by atoms with van der Waals surface area (Å²) in [7, 11) is 1.63. The second kappa shape index (κ2) is 4.50. The molecule has 1 saturated carbocycles. The van der Waals surface area contributed by atoms with Crippen molar-refractivity contribution in [3.8, 4) is 5.75 Å². The van der Waals surface area contributed by atoms with Crippen molar-refractivity contribution in [3.05, 3.63) is 29.8 Å². The molecular formula is C16H23BO3. The Bertz CT molecular complexity index is 496. The van der Waals surface area contributed by atoms with Crippen molar-refractivity contribution in [1.82, 2.24) is 0 Å². The van der Waals surface area contributed by atoms with E-state index >= 15 is 0 Å². The fraction of sp³-hybridized carbons (Fsp3) is 0.625. The van der Waals surface area contributed by atoms with Crippen LogP contribution in [0, 0.1) is 0 Å². The summed E-state index contributed by atoms with van der Waals surface area (Å²) in [6.45, 7) is 8.42. The van der Waals surface area contributed by atoms with Crippen LogP contribution in [0.3, 0.4) is 0 Å². The molecule has 1 saturated heterocycles. The van der Waals surface area contributed by atoms with Crippen LogP contribution in [0.2, 0.25) is 5.82 Å². The van der Waals surface area contributed by atoms with Crippen LogP contribution in [0.5, 0.6) is 5.75 Å². The number of benzene rings is 1. The topological polar surface area (TPSA) is 27.7 Å². The van der Waals surface area contributed by atoms with Crippen LogP contribution < -0.4 is 4.74 Å². The van der Waals surface area contributed by atoms with Crippen LogP contribution in [0.15, 0.2) is 24.3 Å². The first-order chi connectivity index (χ1) is 9.36. The lowest BCUT2D eigenvalue weighted by molar-refractivity contribution is 0.00578. The summed E-state index contributed by atoms with van der Waals surface area (Å²) in [6, 6.07) is 8.25. The van der Waals surface area contributed by atoms with Crippen molar-refractivity contribution in [2.45, 2.75) is 57.1 Å². The maximum Gasteiger partial charge on any atom is 0.461 e. The van der Waals surface area contributed by atoms with Gasteiger partial charge in [-0.1, -0.05) is 18.2 Å². The van der Waals surface area contributed by atoms with Gasteiger partial charge in [0.2, 0.25) is 0 Å². The Kier molecular flexibility index (Phi) is 3.14. The highest BCUT2D eigenvalue weighted by Gasteiger charge is 2.60. The molecule has 1 aromatic rings. The first-order valence-electron chi connectivity index (χ1n) is 7.34. The fourth-order valence-electron chi connectivity index (χ4n) is 2.91. The van der Waals surface area contributed by atoms with E-state index in [2.05, 4.69) is 39.8 Å². The second-order valence-electron chi connectivity index (χ2n) is 6.87. The van der Waals surface area contributed by atoms with Gasteiger partial charge < -0.3 is 14.0 Å². The molecule has 108 valence electrons. The largest absolute Gasteiger partial charge is 0.496 e. The van der Waals surface area contributed by atoms with E-state index in [1.54, 1.807) is 7.11 Å². The monoisotopic (exact) mass is 274 g/mol. The molecule has 0 unspecified atom stereocenters. The molecule has 0 aromatic heterocycles. The Morgan fingerprint density at radius 3 is 2.30 bits per heavy atom. The van der Waals surface area contributed by atoms with E-state index in [1.165, 1.54) is 5.56 Å². The van der Waals surface area contributed by atoms with Crippen molar-refractivity contribution in [1.29, 1.82) is 0 Å². The summed E-state index contributed by atoms with van der Waals surface area (Å²) in [4.78, 5) is 0. The van der Waals surface area contributed by atoms with Crippen molar-refractivity contribution >= 4 is 7.12 Å². The van der Waals surface area contributed by atoms with Gasteiger partial charge in [0, 0.05) is 5.82 Å². The van der Waals surface area contributed by atoms with Gasteiger partial charge in [0.25, 0.3) is 0 Å². The van der Waals surface area contributed by atoms with Gasteiger partial charge in [-0.05, 0) is 51.7 Å². The summed E-state index contributed by atoms with van der Waals surface area (Å²) < 4.78 is 17.8. The lowest BCUT2D eigenvalue weighted by Crippen LogP contribution is -2.41. The molecule has 0 bridgehead atoms. The van der Waals surface area contributed by atoms with Gasteiger partial charge in [-0.15, -0.1) is 0 Å². The molecular weight excluding hydrogens is 251 g/mol. The first kappa shape index (κ1) is 14.0. The Labute approximate surface area is 121 Å². The molecule has 4 heteroatoms. The second-order valence-corrected chi connectivity index (χ2v) is 6.87. The van der Waals surface area contributed by atoms with Gasteiger partial charge in [-0.25, -0.2) is 0 Å². The quantitative estimate of drug-likeness (QED) is 0.787. The molecule has 3 rings (SSSR count). The minimum Gasteiger partial charge on any atom is -0.496 e. The van der Waals surface area contributed by atoms with E-state index in [1.807, 2.05) is 12.1 Å². The third kappa shape index (κ3) is 2.15. The number of methoxy groups -OCH3 is 1. The molecule has 1 aliphatic heterocycles. The maximum atomic E-state index is 6.15. The predicted molar refractivity (Wildman–Crippen MR) is 80.2 cm³/mol. The van der Waals surface area contributed by atoms with Crippen molar-refractivity contribution in [3.63, 3.8) is 0 Å². The number of ether oxygens (including phenoxy) is 1. The molecule has 1 aliphatic carbocycles. The Hall–Kier alpha value is -0.995. The zero-order valence-electron chi connectivity index (χ0n) is 13.0. The molecule has 0 N–H and O–H groups in total. The van der Waals surface area contributed by atoms with Gasteiger partial charge in [0.15, 0.2) is 0 Å². The van der Waals surface area contributed by atoms with E-state index in [9.17, 15) is 0 Å². The van der Waals surface area contributed by atoms with E-state index < -0.39 is 0 Å². The number of rotatable bonds is 3. The van der Waals surface area contributed by atoms with Crippen molar-refractivity contribution in [2.75, 3.05) is 7.11 Å². The van der Waals surface area contributed by atoms with E-state index in [4.69, 9.17) is 14.0 Å². The molecule has 1 aromatic carbocycles. The van der Waals surface area contributed by atoms with Gasteiger partial charge in [-0.2, -0.15) is 0 Å². The standard InChI is InChI=1S/C16H23BO3/c1-15(2)16(3,4)20-17(19-15)13-10-12(13)11-8-6-7-9-14(11)18-5/h6-9,12-13H,10H2,1-5H3/t12-,13+/m1/s1. The predicted octanol–water partition coefficient (Wildman–Crippen LogP) is 3.64. The maximum absolute atomic E-state index is 6.15. The lowest BCUT2D eigenvalue weighted by Gasteiger charge is -2.32. The van der Waals surface area contributed by atoms with Gasteiger partial charge >= 0.3 is 7.12 Å². The zero-order valence-corrected chi connectivity index (χ0v) is 13.0. The number of hydrogen-bond donors (Lipinski definition) is 0. The van der Waals surface area contributed by atoms with Crippen LogP contribution >= 0.6 is 0 Å². The van der Waals surface area contributed by atoms with Crippen LogP contribution in [-0.4, -0.2) is 25.4 Å². The number of para-hydroxylation sites is 1. The zero-order chi connectivity index (χ0) is 14.5. The normalized spacial score (nSPS) is 30.4. The molecule has 2 atom stereocenters. The minimum atomic E-state index is -0.244. The highest BCUT2D eigenvalue weighted by molar-refractivity contribution is 6.49. The summed E-state index contributed by atoms with van der Waals surface area (Å²) in [5.41, 5.74) is 0.784. The molecule has 0 amide bonds. The van der Waals surface area contributed by atoms with Crippen LogP contribution in [0.1, 0.15) is 45.6 Å². The van der Waals surface area contributed by atoms with E-state index in [0.717, 1.165) is 12.2 Å². The van der Waals surface area contributed by atoms with Crippen LogP contribution in [0.25, 0.3) is 0 Å². The third-order valence-electron chi connectivity index (χ3n) is 5.00. The van der Waals surface area contributed by atoms with Crippen molar-refractivity contribution < 1.29 is 14.0 Å². The molecule has 0 radical (unpaired) electrons. The molecule has 0 spiro atoms. The average molecular weight is 274 g/mol. The molecule has 2 fully saturated rings. The van der Waals surface area contributed by atoms with Gasteiger partial charge in [-0.3, -0.25) is 0 Å².